The van der Waals surface area contributed by atoms with Crippen molar-refractivity contribution in [3.8, 4) is 0 Å². The molecule has 0 heterocycles. The normalized spacial score (nSPS) is 12.4. The quantitative estimate of drug-likeness (QED) is 0.638. The Morgan fingerprint density at radius 3 is 2.57 bits per heavy atom. The second-order valence-corrected chi connectivity index (χ2v) is 6.65. The first kappa shape index (κ1) is 19.8. The number of benzene rings is 1. The van der Waals surface area contributed by atoms with Gasteiger partial charge in [-0.3, -0.25) is 4.79 Å². The van der Waals surface area contributed by atoms with E-state index in [0.717, 1.165) is 30.8 Å². The van der Waals surface area contributed by atoms with Gasteiger partial charge in [-0.25, -0.2) is 0 Å². The molecule has 1 rings (SSSR count). The second kappa shape index (κ2) is 9.78. The van der Waals surface area contributed by atoms with Crippen LogP contribution in [0.15, 0.2) is 18.2 Å². The molecule has 0 aliphatic heterocycles. The third-order valence-corrected chi connectivity index (χ3v) is 4.05. The number of carbonyl (C=O) groups is 1. The Labute approximate surface area is 144 Å². The summed E-state index contributed by atoms with van der Waals surface area (Å²) in [4.78, 5) is 13.1. The van der Waals surface area contributed by atoms with Gasteiger partial charge in [-0.2, -0.15) is 0 Å². The van der Waals surface area contributed by atoms with Crippen LogP contribution in [0.25, 0.3) is 0 Å². The molecule has 1 aromatic rings. The maximum atomic E-state index is 10.9. The molecule has 0 saturated carbocycles. The molecule has 130 valence electrons. The summed E-state index contributed by atoms with van der Waals surface area (Å²) in [6.45, 7) is 8.19. The molecule has 0 fully saturated rings. The summed E-state index contributed by atoms with van der Waals surface area (Å²) >= 11 is 5.92. The summed E-state index contributed by atoms with van der Waals surface area (Å²) < 4.78 is 0. The number of anilines is 1. The lowest BCUT2D eigenvalue weighted by Crippen LogP contribution is -2.28. The Morgan fingerprint density at radius 2 is 2.04 bits per heavy atom. The van der Waals surface area contributed by atoms with Gasteiger partial charge in [0.05, 0.1) is 6.42 Å². The van der Waals surface area contributed by atoms with Crippen molar-refractivity contribution in [2.75, 3.05) is 23.9 Å². The van der Waals surface area contributed by atoms with Crippen LogP contribution >= 0.6 is 11.6 Å². The van der Waals surface area contributed by atoms with Crippen molar-refractivity contribution in [3.05, 3.63) is 29.3 Å². The van der Waals surface area contributed by atoms with Gasteiger partial charge in [-0.15, -0.1) is 11.6 Å². The molecule has 0 amide bonds. The van der Waals surface area contributed by atoms with Crippen molar-refractivity contribution in [1.82, 2.24) is 0 Å². The van der Waals surface area contributed by atoms with Crippen molar-refractivity contribution in [1.29, 1.82) is 0 Å². The van der Waals surface area contributed by atoms with Gasteiger partial charge < -0.3 is 15.7 Å². The summed E-state index contributed by atoms with van der Waals surface area (Å²) in [6, 6.07) is 6.05. The highest BCUT2D eigenvalue weighted by molar-refractivity contribution is 6.18. The maximum absolute atomic E-state index is 10.9. The van der Waals surface area contributed by atoms with Crippen LogP contribution < -0.4 is 10.6 Å². The molecular formula is C18H29ClN2O2. The fourth-order valence-corrected chi connectivity index (χ4v) is 3.05. The van der Waals surface area contributed by atoms with E-state index in [-0.39, 0.29) is 12.5 Å². The van der Waals surface area contributed by atoms with Gasteiger partial charge in [-0.05, 0) is 42.0 Å². The topological polar surface area (TPSA) is 66.6 Å². The van der Waals surface area contributed by atoms with E-state index in [9.17, 15) is 4.79 Å². The minimum atomic E-state index is -0.852. The van der Waals surface area contributed by atoms with Crippen LogP contribution in [0.2, 0.25) is 0 Å². The number of nitrogens with two attached hydrogens (primary N) is 1. The lowest BCUT2D eigenvalue weighted by Gasteiger charge is -2.26. The number of carboxylic acid groups (broad SMARTS) is 1. The number of alkyl halides is 1. The summed E-state index contributed by atoms with van der Waals surface area (Å²) in [5.41, 5.74) is 9.51. The molecule has 0 radical (unpaired) electrons. The second-order valence-electron chi connectivity index (χ2n) is 6.28. The Morgan fingerprint density at radius 1 is 1.35 bits per heavy atom. The lowest BCUT2D eigenvalue weighted by atomic mass is 9.92. The van der Waals surface area contributed by atoms with E-state index < -0.39 is 5.97 Å². The van der Waals surface area contributed by atoms with E-state index in [1.54, 1.807) is 0 Å². The maximum Gasteiger partial charge on any atom is 0.304 e. The van der Waals surface area contributed by atoms with E-state index >= 15 is 0 Å². The third kappa shape index (κ3) is 6.40. The number of nitrogens with zero attached hydrogens (tertiary/aromatic N) is 1. The summed E-state index contributed by atoms with van der Waals surface area (Å²) in [6.07, 6.45) is 1.62. The summed E-state index contributed by atoms with van der Waals surface area (Å²) in [7, 11) is 0. The first-order valence-corrected chi connectivity index (χ1v) is 8.83. The third-order valence-electron chi connectivity index (χ3n) is 3.88. The van der Waals surface area contributed by atoms with Gasteiger partial charge in [0, 0.05) is 30.7 Å². The molecular weight excluding hydrogens is 312 g/mol. The van der Waals surface area contributed by atoms with Gasteiger partial charge in [0.2, 0.25) is 0 Å². The smallest absolute Gasteiger partial charge is 0.304 e. The van der Waals surface area contributed by atoms with Crippen molar-refractivity contribution in [2.45, 2.75) is 52.0 Å². The number of rotatable bonds is 10. The molecule has 0 aromatic heterocycles. The minimum Gasteiger partial charge on any atom is -0.481 e. The largest absolute Gasteiger partial charge is 0.481 e. The van der Waals surface area contributed by atoms with Crippen molar-refractivity contribution in [3.63, 3.8) is 0 Å². The molecule has 1 atom stereocenters. The van der Waals surface area contributed by atoms with Crippen LogP contribution in [0.4, 0.5) is 5.69 Å². The van der Waals surface area contributed by atoms with Crippen molar-refractivity contribution in [2.24, 2.45) is 5.73 Å². The molecule has 1 aromatic carbocycles. The van der Waals surface area contributed by atoms with Gasteiger partial charge in [0.25, 0.3) is 0 Å². The van der Waals surface area contributed by atoms with Crippen molar-refractivity contribution >= 4 is 23.3 Å². The highest BCUT2D eigenvalue weighted by atomic mass is 35.5. The van der Waals surface area contributed by atoms with E-state index in [4.69, 9.17) is 22.4 Å². The Kier molecular flexibility index (Phi) is 8.42. The van der Waals surface area contributed by atoms with E-state index in [1.807, 2.05) is 0 Å². The monoisotopic (exact) mass is 340 g/mol. The fourth-order valence-electron chi connectivity index (χ4n) is 2.85. The first-order valence-electron chi connectivity index (χ1n) is 8.30. The Hall–Kier alpha value is -1.26. The molecule has 23 heavy (non-hydrogen) atoms. The molecule has 3 N–H and O–H groups in total. The molecule has 5 heteroatoms. The van der Waals surface area contributed by atoms with Crippen LogP contribution in [-0.2, 0) is 11.2 Å². The summed E-state index contributed by atoms with van der Waals surface area (Å²) in [5.74, 6) is 0.109. The number of aliphatic carboxylic acids is 1. The molecule has 1 unspecified atom stereocenters. The van der Waals surface area contributed by atoms with Gasteiger partial charge in [0.15, 0.2) is 0 Å². The predicted molar refractivity (Wildman–Crippen MR) is 97.7 cm³/mol. The van der Waals surface area contributed by atoms with Crippen LogP contribution in [0.5, 0.6) is 0 Å². The average Bonchev–Trinajstić information content (AvgIpc) is 2.45. The Balaban J connectivity index is 3.07. The zero-order valence-electron chi connectivity index (χ0n) is 14.4. The number of halogens is 1. The molecule has 0 aliphatic rings. The SMILES string of the molecule is CCCN(CCCl)c1ccc(C(C)C)c(CC(N)CC(=O)O)c1. The van der Waals surface area contributed by atoms with E-state index in [0.29, 0.717) is 18.2 Å². The molecule has 0 bridgehead atoms. The zero-order chi connectivity index (χ0) is 17.4. The van der Waals surface area contributed by atoms with Crippen LogP contribution in [0.1, 0.15) is 50.7 Å². The van der Waals surface area contributed by atoms with Crippen molar-refractivity contribution < 1.29 is 9.90 Å². The standard InChI is InChI=1S/C18H29ClN2O2/c1-4-8-21(9-7-19)16-5-6-17(13(2)3)14(11-16)10-15(20)12-18(22)23/h5-6,11,13,15H,4,7-10,12,20H2,1-3H3,(H,22,23). The zero-order valence-corrected chi connectivity index (χ0v) is 15.1. The lowest BCUT2D eigenvalue weighted by molar-refractivity contribution is -0.137. The van der Waals surface area contributed by atoms with Gasteiger partial charge >= 0.3 is 5.97 Å². The fraction of sp³-hybridized carbons (Fsp3) is 0.611. The average molecular weight is 341 g/mol. The van der Waals surface area contributed by atoms with Gasteiger partial charge in [0.1, 0.15) is 0 Å². The molecule has 0 spiro atoms. The Bertz CT molecular complexity index is 500. The van der Waals surface area contributed by atoms with Crippen LogP contribution in [0.3, 0.4) is 0 Å². The van der Waals surface area contributed by atoms with E-state index in [2.05, 4.69) is 43.9 Å². The highest BCUT2D eigenvalue weighted by Gasteiger charge is 2.15. The number of hydrogen-bond donors (Lipinski definition) is 2. The van der Waals surface area contributed by atoms with Crippen LogP contribution in [-0.4, -0.2) is 36.1 Å². The number of carboxylic acids is 1. The minimum absolute atomic E-state index is 0.0118. The molecule has 4 nitrogen and oxygen atoms in total. The number of hydrogen-bond acceptors (Lipinski definition) is 3. The van der Waals surface area contributed by atoms with E-state index in [1.165, 1.54) is 5.56 Å². The highest BCUT2D eigenvalue weighted by Crippen LogP contribution is 2.26. The molecule has 0 aliphatic carbocycles. The predicted octanol–water partition coefficient (Wildman–Crippen LogP) is 3.61. The molecule has 0 saturated heterocycles. The first-order chi connectivity index (χ1) is 10.9. The van der Waals surface area contributed by atoms with Crippen LogP contribution in [0, 0.1) is 0 Å². The van der Waals surface area contributed by atoms with Gasteiger partial charge in [-0.1, -0.05) is 26.8 Å². The summed E-state index contributed by atoms with van der Waals surface area (Å²) in [5, 5.41) is 8.92.